The Labute approximate surface area is 147 Å². The first-order valence-corrected chi connectivity index (χ1v) is 8.43. The molecule has 0 spiro atoms. The molecule has 2 atom stereocenters. The van der Waals surface area contributed by atoms with Crippen LogP contribution in [0, 0.1) is 13.8 Å². The van der Waals surface area contributed by atoms with Gasteiger partial charge in [-0.25, -0.2) is 4.98 Å². The average Bonchev–Trinajstić information content (AvgIpc) is 2.55. The van der Waals surface area contributed by atoms with Crippen molar-refractivity contribution in [1.29, 1.82) is 0 Å². The van der Waals surface area contributed by atoms with Crippen LogP contribution in [0.5, 0.6) is 0 Å². The van der Waals surface area contributed by atoms with Crippen LogP contribution in [-0.2, 0) is 11.2 Å². The smallest absolute Gasteiger partial charge is 0.254 e. The van der Waals surface area contributed by atoms with E-state index < -0.39 is 6.10 Å². The van der Waals surface area contributed by atoms with Crippen molar-refractivity contribution in [3.63, 3.8) is 0 Å². The SMILES string of the molecule is Cc1nc(C)c(CC(=O)NCC(CC(C)O)c2ccccc2)c(=O)[nH]1. The molecule has 0 aliphatic rings. The minimum Gasteiger partial charge on any atom is -0.393 e. The maximum absolute atomic E-state index is 12.3. The number of nitrogens with zero attached hydrogens (tertiary/aromatic N) is 1. The lowest BCUT2D eigenvalue weighted by Crippen LogP contribution is -2.33. The quantitative estimate of drug-likeness (QED) is 0.712. The van der Waals surface area contributed by atoms with Crippen molar-refractivity contribution < 1.29 is 9.90 Å². The molecule has 2 aromatic rings. The lowest BCUT2D eigenvalue weighted by atomic mass is 9.93. The molecule has 0 bridgehead atoms. The second-order valence-corrected chi connectivity index (χ2v) is 6.39. The van der Waals surface area contributed by atoms with Crippen molar-refractivity contribution >= 4 is 5.91 Å². The number of aryl methyl sites for hydroxylation is 2. The molecule has 6 nitrogen and oxygen atoms in total. The molecule has 0 saturated heterocycles. The third kappa shape index (κ3) is 5.53. The molecule has 3 N–H and O–H groups in total. The molecule has 25 heavy (non-hydrogen) atoms. The Kier molecular flexibility index (Phi) is 6.47. The first-order chi connectivity index (χ1) is 11.9. The van der Waals surface area contributed by atoms with Gasteiger partial charge in [0.2, 0.25) is 5.91 Å². The van der Waals surface area contributed by atoms with Gasteiger partial charge in [0.25, 0.3) is 5.56 Å². The molecule has 0 aliphatic heterocycles. The van der Waals surface area contributed by atoms with Crippen LogP contribution in [0.2, 0.25) is 0 Å². The van der Waals surface area contributed by atoms with Gasteiger partial charge in [0.15, 0.2) is 0 Å². The highest BCUT2D eigenvalue weighted by Gasteiger charge is 2.17. The normalized spacial score (nSPS) is 13.3. The molecule has 0 saturated carbocycles. The number of benzene rings is 1. The van der Waals surface area contributed by atoms with Gasteiger partial charge in [0.1, 0.15) is 5.82 Å². The van der Waals surface area contributed by atoms with Gasteiger partial charge >= 0.3 is 0 Å². The van der Waals surface area contributed by atoms with Crippen LogP contribution in [0.3, 0.4) is 0 Å². The number of aliphatic hydroxyl groups excluding tert-OH is 1. The number of aromatic amines is 1. The van der Waals surface area contributed by atoms with Crippen molar-refractivity contribution in [2.45, 2.75) is 45.6 Å². The lowest BCUT2D eigenvalue weighted by molar-refractivity contribution is -0.120. The summed E-state index contributed by atoms with van der Waals surface area (Å²) >= 11 is 0. The number of carbonyl (C=O) groups excluding carboxylic acids is 1. The molecule has 6 heteroatoms. The van der Waals surface area contributed by atoms with E-state index in [0.717, 1.165) is 5.56 Å². The second-order valence-electron chi connectivity index (χ2n) is 6.39. The zero-order valence-corrected chi connectivity index (χ0v) is 14.9. The van der Waals surface area contributed by atoms with Gasteiger partial charge in [-0.2, -0.15) is 0 Å². The Bertz CT molecular complexity index is 769. The lowest BCUT2D eigenvalue weighted by Gasteiger charge is -2.19. The number of amides is 1. The van der Waals surface area contributed by atoms with E-state index >= 15 is 0 Å². The fraction of sp³-hybridized carbons (Fsp3) is 0.421. The maximum atomic E-state index is 12.3. The molecule has 1 aromatic heterocycles. The first-order valence-electron chi connectivity index (χ1n) is 8.43. The highest BCUT2D eigenvalue weighted by atomic mass is 16.3. The van der Waals surface area contributed by atoms with E-state index in [0.29, 0.717) is 30.0 Å². The van der Waals surface area contributed by atoms with E-state index in [2.05, 4.69) is 15.3 Å². The monoisotopic (exact) mass is 343 g/mol. The third-order valence-electron chi connectivity index (χ3n) is 4.12. The van der Waals surface area contributed by atoms with Gasteiger partial charge in [-0.3, -0.25) is 9.59 Å². The molecule has 0 aliphatic carbocycles. The van der Waals surface area contributed by atoms with E-state index in [1.165, 1.54) is 0 Å². The van der Waals surface area contributed by atoms with E-state index in [4.69, 9.17) is 0 Å². The van der Waals surface area contributed by atoms with Gasteiger partial charge in [-0.15, -0.1) is 0 Å². The summed E-state index contributed by atoms with van der Waals surface area (Å²) in [5, 5.41) is 12.6. The summed E-state index contributed by atoms with van der Waals surface area (Å²) < 4.78 is 0. The van der Waals surface area contributed by atoms with Crippen LogP contribution in [0.1, 0.15) is 41.9 Å². The van der Waals surface area contributed by atoms with E-state index in [9.17, 15) is 14.7 Å². The topological polar surface area (TPSA) is 95.1 Å². The number of hydrogen-bond donors (Lipinski definition) is 3. The summed E-state index contributed by atoms with van der Waals surface area (Å²) in [5.41, 5.74) is 1.74. The van der Waals surface area contributed by atoms with Crippen LogP contribution >= 0.6 is 0 Å². The molecule has 1 amide bonds. The molecule has 134 valence electrons. The van der Waals surface area contributed by atoms with E-state index in [-0.39, 0.29) is 23.8 Å². The molecule has 2 rings (SSSR count). The van der Waals surface area contributed by atoms with E-state index in [1.807, 2.05) is 30.3 Å². The van der Waals surface area contributed by atoms with Crippen LogP contribution in [-0.4, -0.2) is 33.6 Å². The van der Waals surface area contributed by atoms with Crippen molar-refractivity contribution in [3.8, 4) is 0 Å². The average molecular weight is 343 g/mol. The number of aliphatic hydroxyl groups is 1. The summed E-state index contributed by atoms with van der Waals surface area (Å²) in [7, 11) is 0. The Balaban J connectivity index is 2.03. The van der Waals surface area contributed by atoms with E-state index in [1.54, 1.807) is 20.8 Å². The summed E-state index contributed by atoms with van der Waals surface area (Å²) in [6.07, 6.45) is 0.0779. The summed E-state index contributed by atoms with van der Waals surface area (Å²) in [6.45, 7) is 5.58. The highest BCUT2D eigenvalue weighted by Crippen LogP contribution is 2.20. The number of nitrogens with one attached hydrogen (secondary N) is 2. The molecule has 1 aromatic carbocycles. The van der Waals surface area contributed by atoms with Crippen molar-refractivity contribution in [3.05, 3.63) is 63.3 Å². The summed E-state index contributed by atoms with van der Waals surface area (Å²) in [6, 6.07) is 9.77. The predicted octanol–water partition coefficient (Wildman–Crippen LogP) is 1.60. The second kappa shape index (κ2) is 8.58. The molecule has 1 heterocycles. The molecule has 0 fully saturated rings. The van der Waals surface area contributed by atoms with Crippen LogP contribution < -0.4 is 10.9 Å². The van der Waals surface area contributed by atoms with Gasteiger partial charge in [-0.05, 0) is 32.8 Å². The number of rotatable bonds is 7. The minimum absolute atomic E-state index is 0.00929. The predicted molar refractivity (Wildman–Crippen MR) is 96.5 cm³/mol. The van der Waals surface area contributed by atoms with Crippen LogP contribution in [0.25, 0.3) is 0 Å². The molecule has 0 radical (unpaired) electrons. The van der Waals surface area contributed by atoms with Gasteiger partial charge in [-0.1, -0.05) is 30.3 Å². The fourth-order valence-corrected chi connectivity index (χ4v) is 2.89. The number of H-pyrrole nitrogens is 1. The summed E-state index contributed by atoms with van der Waals surface area (Å²) in [4.78, 5) is 31.1. The zero-order chi connectivity index (χ0) is 18.4. The zero-order valence-electron chi connectivity index (χ0n) is 14.9. The molecule has 2 unspecified atom stereocenters. The van der Waals surface area contributed by atoms with Crippen LogP contribution in [0.15, 0.2) is 35.1 Å². The van der Waals surface area contributed by atoms with Crippen molar-refractivity contribution in [2.24, 2.45) is 0 Å². The minimum atomic E-state index is -0.464. The van der Waals surface area contributed by atoms with Gasteiger partial charge in [0, 0.05) is 23.7 Å². The van der Waals surface area contributed by atoms with Crippen molar-refractivity contribution in [1.82, 2.24) is 15.3 Å². The number of aromatic nitrogens is 2. The third-order valence-corrected chi connectivity index (χ3v) is 4.12. The van der Waals surface area contributed by atoms with Gasteiger partial charge in [0.05, 0.1) is 12.5 Å². The van der Waals surface area contributed by atoms with Crippen molar-refractivity contribution in [2.75, 3.05) is 6.54 Å². The summed E-state index contributed by atoms with van der Waals surface area (Å²) in [5.74, 6) is 0.319. The van der Waals surface area contributed by atoms with Crippen LogP contribution in [0.4, 0.5) is 0 Å². The Hall–Kier alpha value is -2.47. The maximum Gasteiger partial charge on any atom is 0.254 e. The molecular formula is C19H25N3O3. The first kappa shape index (κ1) is 18.9. The number of hydrogen-bond acceptors (Lipinski definition) is 4. The Morgan fingerprint density at radius 1 is 1.28 bits per heavy atom. The number of carbonyl (C=O) groups is 1. The fourth-order valence-electron chi connectivity index (χ4n) is 2.89. The molecular weight excluding hydrogens is 318 g/mol. The Morgan fingerprint density at radius 2 is 1.96 bits per heavy atom. The highest BCUT2D eigenvalue weighted by molar-refractivity contribution is 5.78. The standard InChI is InChI=1S/C19H25N3O3/c1-12(23)9-16(15-7-5-4-6-8-15)11-20-18(24)10-17-13(2)21-14(3)22-19(17)25/h4-8,12,16,23H,9-11H2,1-3H3,(H,20,24)(H,21,22,25). The Morgan fingerprint density at radius 3 is 2.56 bits per heavy atom. The van der Waals surface area contributed by atoms with Gasteiger partial charge < -0.3 is 15.4 Å². The largest absolute Gasteiger partial charge is 0.393 e.